The standard InChI is InChI=1S/C18H23ClN4OS/c1-3-22-17(14-8-6-9-15(19)11-14)20-21-18(22)25-12-16(24)23-10-5-4-7-13(23)2/h6,8-9,11,13H,3-5,7,10,12H2,1-2H3. The Morgan fingerprint density at radius 3 is 2.92 bits per heavy atom. The van der Waals surface area contributed by atoms with Crippen molar-refractivity contribution < 1.29 is 4.79 Å². The Bertz CT molecular complexity index is 748. The lowest BCUT2D eigenvalue weighted by atomic mass is 10.0. The quantitative estimate of drug-likeness (QED) is 0.734. The first-order chi connectivity index (χ1) is 12.1. The van der Waals surface area contributed by atoms with Gasteiger partial charge in [0, 0.05) is 29.7 Å². The van der Waals surface area contributed by atoms with Gasteiger partial charge in [0.1, 0.15) is 0 Å². The van der Waals surface area contributed by atoms with Gasteiger partial charge in [0.25, 0.3) is 0 Å². The van der Waals surface area contributed by atoms with Gasteiger partial charge in [-0.15, -0.1) is 10.2 Å². The van der Waals surface area contributed by atoms with Crippen LogP contribution in [0.2, 0.25) is 5.02 Å². The van der Waals surface area contributed by atoms with Crippen LogP contribution in [0.1, 0.15) is 33.1 Å². The highest BCUT2D eigenvalue weighted by atomic mass is 35.5. The number of carbonyl (C=O) groups excluding carboxylic acids is 1. The van der Waals surface area contributed by atoms with Crippen LogP contribution in [-0.4, -0.2) is 43.9 Å². The SMILES string of the molecule is CCn1c(SCC(=O)N2CCCCC2C)nnc1-c1cccc(Cl)c1. The third-order valence-corrected chi connectivity index (χ3v) is 5.75. The van der Waals surface area contributed by atoms with Crippen LogP contribution in [0.25, 0.3) is 11.4 Å². The van der Waals surface area contributed by atoms with E-state index in [2.05, 4.69) is 24.0 Å². The molecule has 0 bridgehead atoms. The van der Waals surface area contributed by atoms with Gasteiger partial charge in [-0.25, -0.2) is 0 Å². The summed E-state index contributed by atoms with van der Waals surface area (Å²) >= 11 is 7.55. The minimum atomic E-state index is 0.187. The zero-order chi connectivity index (χ0) is 17.8. The molecule has 1 amide bonds. The van der Waals surface area contributed by atoms with Gasteiger partial charge in [-0.3, -0.25) is 4.79 Å². The number of aromatic nitrogens is 3. The number of hydrogen-bond acceptors (Lipinski definition) is 4. The molecular formula is C18H23ClN4OS. The Morgan fingerprint density at radius 1 is 1.36 bits per heavy atom. The smallest absolute Gasteiger partial charge is 0.233 e. The van der Waals surface area contributed by atoms with Gasteiger partial charge >= 0.3 is 0 Å². The molecule has 1 aliphatic heterocycles. The summed E-state index contributed by atoms with van der Waals surface area (Å²) in [4.78, 5) is 14.5. The summed E-state index contributed by atoms with van der Waals surface area (Å²) < 4.78 is 2.03. The van der Waals surface area contributed by atoms with E-state index in [0.29, 0.717) is 16.8 Å². The van der Waals surface area contributed by atoms with E-state index >= 15 is 0 Å². The normalized spacial score (nSPS) is 17.7. The van der Waals surface area contributed by atoms with E-state index in [-0.39, 0.29) is 5.91 Å². The molecule has 1 aliphatic rings. The molecule has 1 aromatic heterocycles. The third kappa shape index (κ3) is 4.18. The van der Waals surface area contributed by atoms with Crippen molar-refractivity contribution in [1.29, 1.82) is 0 Å². The van der Waals surface area contributed by atoms with Gasteiger partial charge < -0.3 is 9.47 Å². The van der Waals surface area contributed by atoms with Crippen molar-refractivity contribution in [3.63, 3.8) is 0 Å². The van der Waals surface area contributed by atoms with E-state index in [1.54, 1.807) is 0 Å². The Morgan fingerprint density at radius 2 is 2.20 bits per heavy atom. The first-order valence-electron chi connectivity index (χ1n) is 8.71. The van der Waals surface area contributed by atoms with Crippen molar-refractivity contribution in [2.45, 2.75) is 50.9 Å². The van der Waals surface area contributed by atoms with E-state index in [1.165, 1.54) is 18.2 Å². The number of likely N-dealkylation sites (tertiary alicyclic amines) is 1. The molecule has 1 atom stereocenters. The van der Waals surface area contributed by atoms with Crippen LogP contribution in [0.3, 0.4) is 0 Å². The van der Waals surface area contributed by atoms with Crippen LogP contribution in [0.5, 0.6) is 0 Å². The Hall–Kier alpha value is -1.53. The van der Waals surface area contributed by atoms with Crippen LogP contribution in [0, 0.1) is 0 Å². The molecule has 1 aromatic carbocycles. The molecule has 1 unspecified atom stereocenters. The molecule has 0 saturated carbocycles. The van der Waals surface area contributed by atoms with Gasteiger partial charge in [0.05, 0.1) is 5.75 Å². The predicted octanol–water partition coefficient (Wildman–Crippen LogP) is 4.11. The molecule has 1 saturated heterocycles. The molecule has 2 aromatic rings. The van der Waals surface area contributed by atoms with Crippen LogP contribution in [0.4, 0.5) is 0 Å². The van der Waals surface area contributed by atoms with Crippen molar-refractivity contribution in [1.82, 2.24) is 19.7 Å². The number of nitrogens with zero attached hydrogens (tertiary/aromatic N) is 4. The molecule has 25 heavy (non-hydrogen) atoms. The maximum atomic E-state index is 12.5. The number of thioether (sulfide) groups is 1. The summed E-state index contributed by atoms with van der Waals surface area (Å²) in [7, 11) is 0. The summed E-state index contributed by atoms with van der Waals surface area (Å²) in [6, 6.07) is 7.93. The van der Waals surface area contributed by atoms with Crippen LogP contribution >= 0.6 is 23.4 Å². The second-order valence-electron chi connectivity index (χ2n) is 6.28. The number of hydrogen-bond donors (Lipinski definition) is 0. The summed E-state index contributed by atoms with van der Waals surface area (Å²) in [5.74, 6) is 1.37. The number of halogens is 1. The number of carbonyl (C=O) groups is 1. The number of piperidine rings is 1. The minimum Gasteiger partial charge on any atom is -0.339 e. The molecule has 7 heteroatoms. The van der Waals surface area contributed by atoms with Crippen molar-refractivity contribution in [3.8, 4) is 11.4 Å². The van der Waals surface area contributed by atoms with Crippen molar-refractivity contribution in [2.75, 3.05) is 12.3 Å². The van der Waals surface area contributed by atoms with E-state index in [9.17, 15) is 4.79 Å². The highest BCUT2D eigenvalue weighted by Crippen LogP contribution is 2.26. The van der Waals surface area contributed by atoms with E-state index in [4.69, 9.17) is 11.6 Å². The summed E-state index contributed by atoms with van der Waals surface area (Å²) in [5, 5.41) is 10.0. The van der Waals surface area contributed by atoms with E-state index in [1.807, 2.05) is 33.7 Å². The molecule has 0 spiro atoms. The first kappa shape index (κ1) is 18.3. The molecule has 0 aliphatic carbocycles. The highest BCUT2D eigenvalue weighted by molar-refractivity contribution is 7.99. The number of benzene rings is 1. The van der Waals surface area contributed by atoms with Gasteiger partial charge in [-0.1, -0.05) is 35.5 Å². The number of rotatable bonds is 5. The molecule has 134 valence electrons. The average Bonchev–Trinajstić information content (AvgIpc) is 3.03. The molecule has 2 heterocycles. The summed E-state index contributed by atoms with van der Waals surface area (Å²) in [6.45, 7) is 5.80. The average molecular weight is 379 g/mol. The van der Waals surface area contributed by atoms with Crippen LogP contribution in [-0.2, 0) is 11.3 Å². The summed E-state index contributed by atoms with van der Waals surface area (Å²) in [6.07, 6.45) is 3.41. The monoisotopic (exact) mass is 378 g/mol. The Labute approximate surface area is 157 Å². The molecule has 1 fully saturated rings. The van der Waals surface area contributed by atoms with Gasteiger partial charge in [-0.2, -0.15) is 0 Å². The van der Waals surface area contributed by atoms with Crippen molar-refractivity contribution in [3.05, 3.63) is 29.3 Å². The number of amides is 1. The maximum absolute atomic E-state index is 12.5. The molecule has 5 nitrogen and oxygen atoms in total. The third-order valence-electron chi connectivity index (χ3n) is 4.56. The van der Waals surface area contributed by atoms with E-state index in [0.717, 1.165) is 42.5 Å². The molecule has 0 radical (unpaired) electrons. The molecular weight excluding hydrogens is 356 g/mol. The van der Waals surface area contributed by atoms with Crippen LogP contribution < -0.4 is 0 Å². The maximum Gasteiger partial charge on any atom is 0.233 e. The fourth-order valence-electron chi connectivity index (χ4n) is 3.20. The zero-order valence-corrected chi connectivity index (χ0v) is 16.2. The molecule has 0 N–H and O–H groups in total. The zero-order valence-electron chi connectivity index (χ0n) is 14.6. The lowest BCUT2D eigenvalue weighted by Gasteiger charge is -2.33. The van der Waals surface area contributed by atoms with E-state index < -0.39 is 0 Å². The fraction of sp³-hybridized carbons (Fsp3) is 0.500. The van der Waals surface area contributed by atoms with Crippen LogP contribution in [0.15, 0.2) is 29.4 Å². The Balaban J connectivity index is 1.72. The van der Waals surface area contributed by atoms with Gasteiger partial charge in [0.15, 0.2) is 11.0 Å². The van der Waals surface area contributed by atoms with Gasteiger partial charge in [0.2, 0.25) is 5.91 Å². The second kappa shape index (κ2) is 8.23. The highest BCUT2D eigenvalue weighted by Gasteiger charge is 2.24. The fourth-order valence-corrected chi connectivity index (χ4v) is 4.28. The van der Waals surface area contributed by atoms with Crippen molar-refractivity contribution in [2.24, 2.45) is 0 Å². The second-order valence-corrected chi connectivity index (χ2v) is 7.66. The van der Waals surface area contributed by atoms with Gasteiger partial charge in [-0.05, 0) is 45.2 Å². The Kier molecular flexibility index (Phi) is 6.02. The minimum absolute atomic E-state index is 0.187. The lowest BCUT2D eigenvalue weighted by Crippen LogP contribution is -2.43. The molecule has 3 rings (SSSR count). The van der Waals surface area contributed by atoms with Crippen molar-refractivity contribution >= 4 is 29.3 Å². The largest absolute Gasteiger partial charge is 0.339 e. The first-order valence-corrected chi connectivity index (χ1v) is 10.1. The summed E-state index contributed by atoms with van der Waals surface area (Å²) in [5.41, 5.74) is 0.935. The topological polar surface area (TPSA) is 51.0 Å². The predicted molar refractivity (Wildman–Crippen MR) is 102 cm³/mol. The lowest BCUT2D eigenvalue weighted by molar-refractivity contribution is -0.131.